The maximum atomic E-state index is 13.5. The Balaban J connectivity index is 1.87. The van der Waals surface area contributed by atoms with Crippen LogP contribution in [0.1, 0.15) is 56.2 Å². The standard InChI is InChI=1S/C25H34N2O3S/c1-17(2)14-23(28)26(15-18(3)4)16-24(29)27-12-10-22-21(11-13-31-22)25(27)19-6-8-20(30-5)9-7-19/h6-9,11,13,17-18,25H,10,12,14-16H2,1-5H3. The summed E-state index contributed by atoms with van der Waals surface area (Å²) in [5.41, 5.74) is 2.26. The summed E-state index contributed by atoms with van der Waals surface area (Å²) in [5, 5.41) is 2.10. The van der Waals surface area contributed by atoms with Gasteiger partial charge in [-0.05, 0) is 53.0 Å². The molecular weight excluding hydrogens is 408 g/mol. The second kappa shape index (κ2) is 10.3. The van der Waals surface area contributed by atoms with Crippen LogP contribution in [0.25, 0.3) is 0 Å². The van der Waals surface area contributed by atoms with Gasteiger partial charge in [-0.3, -0.25) is 9.59 Å². The molecule has 3 rings (SSSR count). The Bertz CT molecular complexity index is 888. The molecule has 1 aromatic carbocycles. The molecule has 6 heteroatoms. The van der Waals surface area contributed by atoms with Crippen LogP contribution in [0.2, 0.25) is 0 Å². The van der Waals surface area contributed by atoms with Gasteiger partial charge in [0.05, 0.1) is 19.7 Å². The average Bonchev–Trinajstić information content (AvgIpc) is 3.20. The number of nitrogens with zero attached hydrogens (tertiary/aromatic N) is 2. The number of hydrogen-bond donors (Lipinski definition) is 0. The number of thiophene rings is 1. The molecule has 1 aliphatic rings. The number of benzene rings is 1. The second-order valence-corrected chi connectivity index (χ2v) is 10.1. The van der Waals surface area contributed by atoms with E-state index in [1.807, 2.05) is 43.0 Å². The highest BCUT2D eigenvalue weighted by molar-refractivity contribution is 7.10. The zero-order valence-corrected chi connectivity index (χ0v) is 20.1. The van der Waals surface area contributed by atoms with Crippen LogP contribution in [0.4, 0.5) is 0 Å². The van der Waals surface area contributed by atoms with Crippen molar-refractivity contribution in [3.05, 3.63) is 51.7 Å². The van der Waals surface area contributed by atoms with E-state index in [2.05, 4.69) is 25.3 Å². The zero-order chi connectivity index (χ0) is 22.5. The van der Waals surface area contributed by atoms with E-state index in [0.717, 1.165) is 17.7 Å². The molecule has 0 bridgehead atoms. The van der Waals surface area contributed by atoms with Crippen molar-refractivity contribution in [2.45, 2.75) is 46.6 Å². The summed E-state index contributed by atoms with van der Waals surface area (Å²) >= 11 is 1.75. The van der Waals surface area contributed by atoms with Crippen molar-refractivity contribution in [1.82, 2.24) is 9.80 Å². The van der Waals surface area contributed by atoms with Crippen LogP contribution >= 0.6 is 11.3 Å². The lowest BCUT2D eigenvalue weighted by Crippen LogP contribution is -2.47. The van der Waals surface area contributed by atoms with E-state index >= 15 is 0 Å². The first kappa shape index (κ1) is 23.3. The van der Waals surface area contributed by atoms with Gasteiger partial charge in [0.25, 0.3) is 0 Å². The van der Waals surface area contributed by atoms with Gasteiger partial charge in [-0.15, -0.1) is 11.3 Å². The topological polar surface area (TPSA) is 49.9 Å². The van der Waals surface area contributed by atoms with Crippen molar-refractivity contribution in [2.24, 2.45) is 11.8 Å². The molecule has 1 aliphatic heterocycles. The predicted molar refractivity (Wildman–Crippen MR) is 125 cm³/mol. The first-order valence-corrected chi connectivity index (χ1v) is 12.0. The summed E-state index contributed by atoms with van der Waals surface area (Å²) in [6.45, 7) is 9.64. The van der Waals surface area contributed by atoms with Crippen molar-refractivity contribution >= 4 is 23.2 Å². The lowest BCUT2D eigenvalue weighted by Gasteiger charge is -2.38. The Morgan fingerprint density at radius 1 is 1.13 bits per heavy atom. The van der Waals surface area contributed by atoms with Gasteiger partial charge in [-0.25, -0.2) is 0 Å². The number of carbonyl (C=O) groups excluding carboxylic acids is 2. The van der Waals surface area contributed by atoms with E-state index < -0.39 is 0 Å². The van der Waals surface area contributed by atoms with Crippen LogP contribution in [0.15, 0.2) is 35.7 Å². The highest BCUT2D eigenvalue weighted by atomic mass is 32.1. The van der Waals surface area contributed by atoms with E-state index in [9.17, 15) is 9.59 Å². The number of ether oxygens (including phenoxy) is 1. The summed E-state index contributed by atoms with van der Waals surface area (Å²) in [6, 6.07) is 9.95. The first-order valence-electron chi connectivity index (χ1n) is 11.1. The molecule has 2 heterocycles. The van der Waals surface area contributed by atoms with Gasteiger partial charge in [0, 0.05) is 24.4 Å². The monoisotopic (exact) mass is 442 g/mol. The van der Waals surface area contributed by atoms with Crippen molar-refractivity contribution in [2.75, 3.05) is 26.7 Å². The van der Waals surface area contributed by atoms with Gasteiger partial charge in [0.2, 0.25) is 11.8 Å². The molecule has 0 N–H and O–H groups in total. The molecule has 0 saturated heterocycles. The van der Waals surface area contributed by atoms with Crippen LogP contribution in [0, 0.1) is 11.8 Å². The molecule has 1 aromatic heterocycles. The maximum absolute atomic E-state index is 13.5. The molecule has 0 radical (unpaired) electrons. The van der Waals surface area contributed by atoms with Gasteiger partial charge in [-0.1, -0.05) is 39.8 Å². The Morgan fingerprint density at radius 3 is 2.45 bits per heavy atom. The highest BCUT2D eigenvalue weighted by Crippen LogP contribution is 2.38. The quantitative estimate of drug-likeness (QED) is 0.592. The van der Waals surface area contributed by atoms with Crippen molar-refractivity contribution in [3.63, 3.8) is 0 Å². The number of carbonyl (C=O) groups is 2. The van der Waals surface area contributed by atoms with Gasteiger partial charge in [0.1, 0.15) is 5.75 Å². The summed E-state index contributed by atoms with van der Waals surface area (Å²) in [4.78, 5) is 31.4. The maximum Gasteiger partial charge on any atom is 0.242 e. The van der Waals surface area contributed by atoms with Crippen molar-refractivity contribution < 1.29 is 14.3 Å². The Hall–Kier alpha value is -2.34. The van der Waals surface area contributed by atoms with Gasteiger partial charge < -0.3 is 14.5 Å². The summed E-state index contributed by atoms with van der Waals surface area (Å²) in [6.07, 6.45) is 1.33. The van der Waals surface area contributed by atoms with E-state index in [-0.39, 0.29) is 30.3 Å². The SMILES string of the molecule is COc1ccc(C2c3ccsc3CCN2C(=O)CN(CC(C)C)C(=O)CC(C)C)cc1. The third-order valence-corrected chi connectivity index (χ3v) is 6.56. The normalized spacial score (nSPS) is 15.8. The van der Waals surface area contributed by atoms with Gasteiger partial charge >= 0.3 is 0 Å². The molecule has 1 atom stereocenters. The van der Waals surface area contributed by atoms with Gasteiger partial charge in [-0.2, -0.15) is 0 Å². The van der Waals surface area contributed by atoms with Crippen LogP contribution in [0.3, 0.4) is 0 Å². The Morgan fingerprint density at radius 2 is 1.84 bits per heavy atom. The fourth-order valence-electron chi connectivity index (χ4n) is 4.16. The lowest BCUT2D eigenvalue weighted by molar-refractivity contribution is -0.142. The molecular formula is C25H34N2O3S. The fourth-order valence-corrected chi connectivity index (χ4v) is 5.06. The third-order valence-electron chi connectivity index (χ3n) is 5.57. The van der Waals surface area contributed by atoms with Crippen molar-refractivity contribution in [1.29, 1.82) is 0 Å². The molecule has 168 valence electrons. The molecule has 0 aliphatic carbocycles. The minimum atomic E-state index is -0.130. The molecule has 0 saturated carbocycles. The Labute approximate surface area is 190 Å². The lowest BCUT2D eigenvalue weighted by atomic mass is 9.93. The summed E-state index contributed by atoms with van der Waals surface area (Å²) in [7, 11) is 1.65. The number of hydrogen-bond acceptors (Lipinski definition) is 4. The van der Waals surface area contributed by atoms with Crippen LogP contribution in [-0.4, -0.2) is 48.4 Å². The minimum Gasteiger partial charge on any atom is -0.497 e. The summed E-state index contributed by atoms with van der Waals surface area (Å²) in [5.74, 6) is 1.45. The van der Waals surface area contributed by atoms with E-state index in [1.165, 1.54) is 10.4 Å². The van der Waals surface area contributed by atoms with E-state index in [1.54, 1.807) is 23.3 Å². The number of fused-ring (bicyclic) bond motifs is 1. The predicted octanol–water partition coefficient (Wildman–Crippen LogP) is 4.76. The molecule has 5 nitrogen and oxygen atoms in total. The highest BCUT2D eigenvalue weighted by Gasteiger charge is 2.34. The number of methoxy groups -OCH3 is 1. The molecule has 2 aromatic rings. The minimum absolute atomic E-state index is 0.00965. The molecule has 0 fully saturated rings. The van der Waals surface area contributed by atoms with Crippen molar-refractivity contribution in [3.8, 4) is 5.75 Å². The first-order chi connectivity index (χ1) is 14.8. The summed E-state index contributed by atoms with van der Waals surface area (Å²) < 4.78 is 5.31. The molecule has 1 unspecified atom stereocenters. The average molecular weight is 443 g/mol. The number of amides is 2. The smallest absolute Gasteiger partial charge is 0.242 e. The molecule has 0 spiro atoms. The van der Waals surface area contributed by atoms with E-state index in [4.69, 9.17) is 4.74 Å². The van der Waals surface area contributed by atoms with Crippen LogP contribution in [0.5, 0.6) is 5.75 Å². The van der Waals surface area contributed by atoms with Crippen LogP contribution in [-0.2, 0) is 16.0 Å². The Kier molecular flexibility index (Phi) is 7.76. The molecule has 31 heavy (non-hydrogen) atoms. The van der Waals surface area contributed by atoms with E-state index in [0.29, 0.717) is 25.4 Å². The zero-order valence-electron chi connectivity index (χ0n) is 19.3. The molecule has 2 amide bonds. The third kappa shape index (κ3) is 5.67. The van der Waals surface area contributed by atoms with Crippen LogP contribution < -0.4 is 4.74 Å². The second-order valence-electron chi connectivity index (χ2n) is 9.08. The van der Waals surface area contributed by atoms with Gasteiger partial charge in [0.15, 0.2) is 0 Å². The fraction of sp³-hybridized carbons (Fsp3) is 0.520. The largest absolute Gasteiger partial charge is 0.497 e. The number of rotatable bonds is 8.